The van der Waals surface area contributed by atoms with Gasteiger partial charge >= 0.3 is 6.03 Å². The largest absolute Gasteiger partial charge is 0.384 e. The topological polar surface area (TPSA) is 66.0 Å². The summed E-state index contributed by atoms with van der Waals surface area (Å²) in [6, 6.07) is 12.6. The van der Waals surface area contributed by atoms with Gasteiger partial charge in [-0.2, -0.15) is 0 Å². The number of nitrogens with one attached hydrogen (secondary N) is 3. The first-order valence-corrected chi connectivity index (χ1v) is 6.61. The van der Waals surface area contributed by atoms with E-state index < -0.39 is 0 Å². The quantitative estimate of drug-likeness (QED) is 0.778. The van der Waals surface area contributed by atoms with E-state index in [9.17, 15) is 4.79 Å². The van der Waals surface area contributed by atoms with Crippen LogP contribution in [0.2, 0.25) is 0 Å². The molecule has 5 nitrogen and oxygen atoms in total. The Morgan fingerprint density at radius 2 is 1.85 bits per heavy atom. The number of hydrogen-bond donors (Lipinski definition) is 3. The molecule has 0 unspecified atom stereocenters. The highest BCUT2D eigenvalue weighted by atomic mass is 16.2. The summed E-state index contributed by atoms with van der Waals surface area (Å²) in [6.07, 6.45) is 2.76. The lowest BCUT2D eigenvalue weighted by atomic mass is 10.3. The zero-order valence-electron chi connectivity index (χ0n) is 11.4. The molecule has 0 fully saturated rings. The minimum Gasteiger partial charge on any atom is -0.384 e. The van der Waals surface area contributed by atoms with Gasteiger partial charge in [-0.25, -0.2) is 9.78 Å². The maximum atomic E-state index is 11.8. The van der Waals surface area contributed by atoms with Crippen molar-refractivity contribution < 1.29 is 4.79 Å². The average Bonchev–Trinajstić information content (AvgIpc) is 2.47. The molecule has 0 aliphatic heterocycles. The number of aromatic nitrogens is 1. The molecule has 0 saturated heterocycles. The second-order valence-corrected chi connectivity index (χ2v) is 4.30. The van der Waals surface area contributed by atoms with Crippen LogP contribution in [-0.4, -0.2) is 17.6 Å². The molecule has 0 saturated carbocycles. The van der Waals surface area contributed by atoms with Gasteiger partial charge in [-0.15, -0.1) is 0 Å². The maximum Gasteiger partial charge on any atom is 0.324 e. The van der Waals surface area contributed by atoms with Gasteiger partial charge in [-0.05, 0) is 30.7 Å². The van der Waals surface area contributed by atoms with Gasteiger partial charge in [0.15, 0.2) is 0 Å². The summed E-state index contributed by atoms with van der Waals surface area (Å²) in [5.74, 6) is 0.514. The number of anilines is 3. The van der Waals surface area contributed by atoms with Gasteiger partial charge < -0.3 is 10.6 Å². The van der Waals surface area contributed by atoms with Gasteiger partial charge in [0, 0.05) is 12.2 Å². The highest BCUT2D eigenvalue weighted by Gasteiger charge is 2.03. The lowest BCUT2D eigenvalue weighted by Gasteiger charge is -2.08. The summed E-state index contributed by atoms with van der Waals surface area (Å²) in [5.41, 5.74) is 1.69. The fourth-order valence-electron chi connectivity index (χ4n) is 1.64. The predicted molar refractivity (Wildman–Crippen MR) is 82.1 cm³/mol. The summed E-state index contributed by atoms with van der Waals surface area (Å²) in [5, 5.41) is 8.64. The summed E-state index contributed by atoms with van der Waals surface area (Å²) in [4.78, 5) is 15.9. The highest BCUT2D eigenvalue weighted by molar-refractivity contribution is 5.99. The molecule has 0 aliphatic carbocycles. The molecule has 20 heavy (non-hydrogen) atoms. The molecule has 1 heterocycles. The van der Waals surface area contributed by atoms with Crippen molar-refractivity contribution in [2.24, 2.45) is 0 Å². The molecular weight excluding hydrogens is 252 g/mol. The van der Waals surface area contributed by atoms with Crippen LogP contribution in [0.4, 0.5) is 22.0 Å². The second-order valence-electron chi connectivity index (χ2n) is 4.30. The minimum atomic E-state index is -0.307. The van der Waals surface area contributed by atoms with Crippen LogP contribution < -0.4 is 16.0 Å². The molecule has 0 aliphatic rings. The monoisotopic (exact) mass is 270 g/mol. The third-order valence-corrected chi connectivity index (χ3v) is 2.62. The molecule has 0 spiro atoms. The van der Waals surface area contributed by atoms with Gasteiger partial charge in [-0.1, -0.05) is 25.1 Å². The first-order valence-electron chi connectivity index (χ1n) is 6.61. The fourth-order valence-corrected chi connectivity index (χ4v) is 1.64. The molecule has 104 valence electrons. The Bertz CT molecular complexity index is 540. The Labute approximate surface area is 118 Å². The van der Waals surface area contributed by atoms with E-state index >= 15 is 0 Å². The molecule has 2 rings (SSSR count). The molecule has 2 amide bonds. The van der Waals surface area contributed by atoms with Crippen molar-refractivity contribution in [3.05, 3.63) is 48.7 Å². The number of benzene rings is 1. The number of para-hydroxylation sites is 1. The number of carbonyl (C=O) groups excluding carboxylic acids is 1. The molecule has 0 radical (unpaired) electrons. The molecule has 0 atom stereocenters. The van der Waals surface area contributed by atoms with E-state index in [1.165, 1.54) is 0 Å². The molecule has 2 aromatic rings. The van der Waals surface area contributed by atoms with E-state index in [1.54, 1.807) is 12.3 Å². The summed E-state index contributed by atoms with van der Waals surface area (Å²) < 4.78 is 0. The van der Waals surface area contributed by atoms with E-state index in [0.29, 0.717) is 5.82 Å². The van der Waals surface area contributed by atoms with Crippen molar-refractivity contribution in [1.29, 1.82) is 0 Å². The van der Waals surface area contributed by atoms with Crippen LogP contribution in [0.15, 0.2) is 48.7 Å². The van der Waals surface area contributed by atoms with Crippen LogP contribution in [0.3, 0.4) is 0 Å². The van der Waals surface area contributed by atoms with Crippen LogP contribution >= 0.6 is 0 Å². The maximum absolute atomic E-state index is 11.8. The van der Waals surface area contributed by atoms with E-state index in [1.807, 2.05) is 36.4 Å². The highest BCUT2D eigenvalue weighted by Crippen LogP contribution is 2.10. The number of carbonyl (C=O) groups is 1. The predicted octanol–water partition coefficient (Wildman–Crippen LogP) is 3.55. The number of nitrogens with zero attached hydrogens (tertiary/aromatic N) is 1. The van der Waals surface area contributed by atoms with Crippen LogP contribution in [0, 0.1) is 0 Å². The molecule has 5 heteroatoms. The van der Waals surface area contributed by atoms with E-state index in [2.05, 4.69) is 27.9 Å². The molecule has 3 N–H and O–H groups in total. The Kier molecular flexibility index (Phi) is 4.94. The van der Waals surface area contributed by atoms with E-state index in [0.717, 1.165) is 24.3 Å². The third-order valence-electron chi connectivity index (χ3n) is 2.62. The van der Waals surface area contributed by atoms with Crippen LogP contribution in [0.1, 0.15) is 13.3 Å². The van der Waals surface area contributed by atoms with Crippen molar-refractivity contribution in [3.8, 4) is 0 Å². The fraction of sp³-hybridized carbons (Fsp3) is 0.200. The zero-order valence-corrected chi connectivity index (χ0v) is 11.4. The normalized spacial score (nSPS) is 9.85. The zero-order chi connectivity index (χ0) is 14.2. The molecular formula is C15H18N4O. The van der Waals surface area contributed by atoms with E-state index in [4.69, 9.17) is 0 Å². The van der Waals surface area contributed by atoms with Crippen molar-refractivity contribution >= 4 is 23.2 Å². The van der Waals surface area contributed by atoms with Gasteiger partial charge in [0.25, 0.3) is 0 Å². The lowest BCUT2D eigenvalue weighted by molar-refractivity contribution is 0.262. The Morgan fingerprint density at radius 1 is 1.05 bits per heavy atom. The number of urea groups is 1. The summed E-state index contributed by atoms with van der Waals surface area (Å²) in [7, 11) is 0. The van der Waals surface area contributed by atoms with Gasteiger partial charge in [-0.3, -0.25) is 5.32 Å². The van der Waals surface area contributed by atoms with Crippen molar-refractivity contribution in [1.82, 2.24) is 4.98 Å². The third kappa shape index (κ3) is 4.28. The number of hydrogen-bond acceptors (Lipinski definition) is 3. The van der Waals surface area contributed by atoms with Gasteiger partial charge in [0.2, 0.25) is 0 Å². The van der Waals surface area contributed by atoms with Crippen LogP contribution in [0.5, 0.6) is 0 Å². The molecule has 0 bridgehead atoms. The minimum absolute atomic E-state index is 0.307. The molecule has 1 aromatic heterocycles. The first kappa shape index (κ1) is 13.9. The SMILES string of the molecule is CCCNc1ccc(NC(=O)Nc2ccccc2)nc1. The van der Waals surface area contributed by atoms with Crippen LogP contribution in [0.25, 0.3) is 0 Å². The number of pyridine rings is 1. The molecule has 1 aromatic carbocycles. The summed E-state index contributed by atoms with van der Waals surface area (Å²) in [6.45, 7) is 3.01. The number of rotatable bonds is 5. The van der Waals surface area contributed by atoms with Crippen LogP contribution in [-0.2, 0) is 0 Å². The van der Waals surface area contributed by atoms with Crippen molar-refractivity contribution in [2.45, 2.75) is 13.3 Å². The number of amides is 2. The van der Waals surface area contributed by atoms with Crippen molar-refractivity contribution in [2.75, 3.05) is 22.5 Å². The van der Waals surface area contributed by atoms with E-state index in [-0.39, 0.29) is 6.03 Å². The Morgan fingerprint density at radius 3 is 2.50 bits per heavy atom. The lowest BCUT2D eigenvalue weighted by Crippen LogP contribution is -2.20. The Hall–Kier alpha value is -2.56. The van der Waals surface area contributed by atoms with Gasteiger partial charge in [0.05, 0.1) is 11.9 Å². The Balaban J connectivity index is 1.88. The average molecular weight is 270 g/mol. The summed E-state index contributed by atoms with van der Waals surface area (Å²) >= 11 is 0. The van der Waals surface area contributed by atoms with Gasteiger partial charge in [0.1, 0.15) is 5.82 Å². The standard InChI is InChI=1S/C15H18N4O/c1-2-10-16-13-8-9-14(17-11-13)19-15(20)18-12-6-4-3-5-7-12/h3-9,11,16H,2,10H2,1H3,(H2,17,18,19,20). The smallest absolute Gasteiger partial charge is 0.324 e. The van der Waals surface area contributed by atoms with Crippen molar-refractivity contribution in [3.63, 3.8) is 0 Å². The second kappa shape index (κ2) is 7.13. The first-order chi connectivity index (χ1) is 9.78.